The Balaban J connectivity index is 1.73. The number of halogens is 2. The van der Waals surface area contributed by atoms with Gasteiger partial charge in [0.1, 0.15) is 18.2 Å². The molecular formula is C23H19ClFNO4. The van der Waals surface area contributed by atoms with Crippen molar-refractivity contribution in [2.75, 3.05) is 0 Å². The first kappa shape index (κ1) is 21.3. The van der Waals surface area contributed by atoms with Gasteiger partial charge in [-0.15, -0.1) is 0 Å². The SMILES string of the molecule is CC(NC(=O)c1cc(Cl)ccc1COc1ccc(F)cc1)c1ccc(C(=O)O)cc1. The van der Waals surface area contributed by atoms with E-state index in [0.29, 0.717) is 21.9 Å². The summed E-state index contributed by atoms with van der Waals surface area (Å²) >= 11 is 6.08. The molecular weight excluding hydrogens is 409 g/mol. The van der Waals surface area contributed by atoms with Gasteiger partial charge in [0.05, 0.1) is 11.6 Å². The van der Waals surface area contributed by atoms with Crippen LogP contribution in [0.4, 0.5) is 4.39 Å². The minimum atomic E-state index is -1.01. The molecule has 0 aliphatic rings. The van der Waals surface area contributed by atoms with Crippen LogP contribution in [0.15, 0.2) is 66.7 Å². The zero-order valence-corrected chi connectivity index (χ0v) is 16.8. The highest BCUT2D eigenvalue weighted by atomic mass is 35.5. The molecule has 0 aliphatic heterocycles. The van der Waals surface area contributed by atoms with Crippen molar-refractivity contribution < 1.29 is 23.8 Å². The molecule has 0 saturated heterocycles. The van der Waals surface area contributed by atoms with Crippen LogP contribution < -0.4 is 10.1 Å². The van der Waals surface area contributed by atoms with Crippen molar-refractivity contribution >= 4 is 23.5 Å². The Morgan fingerprint density at radius 1 is 1.07 bits per heavy atom. The molecule has 154 valence electrons. The minimum Gasteiger partial charge on any atom is -0.489 e. The molecule has 0 fully saturated rings. The van der Waals surface area contributed by atoms with Gasteiger partial charge in [-0.05, 0) is 61.0 Å². The molecule has 0 saturated carbocycles. The molecule has 1 unspecified atom stereocenters. The third-order valence-electron chi connectivity index (χ3n) is 4.53. The maximum absolute atomic E-state index is 13.0. The van der Waals surface area contributed by atoms with E-state index in [1.807, 2.05) is 0 Å². The van der Waals surface area contributed by atoms with Crippen molar-refractivity contribution in [1.82, 2.24) is 5.32 Å². The van der Waals surface area contributed by atoms with Gasteiger partial charge in [0.2, 0.25) is 0 Å². The Bertz CT molecular complexity index is 1050. The third kappa shape index (κ3) is 5.36. The van der Waals surface area contributed by atoms with Gasteiger partial charge in [-0.3, -0.25) is 4.79 Å². The molecule has 1 atom stereocenters. The number of hydrogen-bond donors (Lipinski definition) is 2. The Morgan fingerprint density at radius 3 is 2.37 bits per heavy atom. The lowest BCUT2D eigenvalue weighted by atomic mass is 10.0. The lowest BCUT2D eigenvalue weighted by molar-refractivity contribution is 0.0696. The molecule has 5 nitrogen and oxygen atoms in total. The molecule has 7 heteroatoms. The van der Waals surface area contributed by atoms with Crippen molar-refractivity contribution in [1.29, 1.82) is 0 Å². The number of nitrogens with one attached hydrogen (secondary N) is 1. The normalized spacial score (nSPS) is 11.6. The maximum Gasteiger partial charge on any atom is 0.335 e. The molecule has 3 aromatic rings. The molecule has 0 bridgehead atoms. The molecule has 0 spiro atoms. The highest BCUT2D eigenvalue weighted by Crippen LogP contribution is 2.21. The summed E-state index contributed by atoms with van der Waals surface area (Å²) in [4.78, 5) is 23.8. The molecule has 3 aromatic carbocycles. The molecule has 0 aliphatic carbocycles. The molecule has 3 rings (SSSR count). The minimum absolute atomic E-state index is 0.104. The molecule has 1 amide bonds. The van der Waals surface area contributed by atoms with Crippen molar-refractivity contribution in [3.8, 4) is 5.75 Å². The van der Waals surface area contributed by atoms with Crippen LogP contribution in [0.1, 0.15) is 44.8 Å². The largest absolute Gasteiger partial charge is 0.489 e. The number of carboxylic acids is 1. The first-order valence-corrected chi connectivity index (χ1v) is 9.52. The van der Waals surface area contributed by atoms with E-state index in [4.69, 9.17) is 21.4 Å². The third-order valence-corrected chi connectivity index (χ3v) is 4.76. The van der Waals surface area contributed by atoms with Gasteiger partial charge in [-0.2, -0.15) is 0 Å². The highest BCUT2D eigenvalue weighted by molar-refractivity contribution is 6.31. The lowest BCUT2D eigenvalue weighted by Crippen LogP contribution is -2.27. The van der Waals surface area contributed by atoms with E-state index in [0.717, 1.165) is 5.56 Å². The number of rotatable bonds is 7. The van der Waals surface area contributed by atoms with E-state index >= 15 is 0 Å². The average molecular weight is 428 g/mol. The summed E-state index contributed by atoms with van der Waals surface area (Å²) in [7, 11) is 0. The summed E-state index contributed by atoms with van der Waals surface area (Å²) in [5.74, 6) is -1.24. The van der Waals surface area contributed by atoms with E-state index < -0.39 is 5.97 Å². The number of amides is 1. The average Bonchev–Trinajstić information content (AvgIpc) is 2.74. The van der Waals surface area contributed by atoms with Gasteiger partial charge in [-0.25, -0.2) is 9.18 Å². The van der Waals surface area contributed by atoms with Gasteiger partial charge >= 0.3 is 5.97 Å². The van der Waals surface area contributed by atoms with Crippen molar-refractivity contribution in [3.63, 3.8) is 0 Å². The Kier molecular flexibility index (Phi) is 6.69. The van der Waals surface area contributed by atoms with Crippen LogP contribution in [0, 0.1) is 5.82 Å². The van der Waals surface area contributed by atoms with Crippen LogP contribution in [-0.2, 0) is 6.61 Å². The second kappa shape index (κ2) is 9.41. The second-order valence-corrected chi connectivity index (χ2v) is 7.10. The number of carboxylic acid groups (broad SMARTS) is 1. The number of carbonyl (C=O) groups is 2. The fourth-order valence-electron chi connectivity index (χ4n) is 2.85. The van der Waals surface area contributed by atoms with E-state index in [1.165, 1.54) is 36.4 Å². The molecule has 2 N–H and O–H groups in total. The standard InChI is InChI=1S/C23H19ClFNO4/c1-14(15-2-4-16(5-3-15)23(28)29)26-22(27)21-12-18(24)7-6-17(21)13-30-20-10-8-19(25)9-11-20/h2-12,14H,13H2,1H3,(H,26,27)(H,28,29). The topological polar surface area (TPSA) is 75.6 Å². The zero-order chi connectivity index (χ0) is 21.7. The number of ether oxygens (including phenoxy) is 1. The Morgan fingerprint density at radius 2 is 1.73 bits per heavy atom. The van der Waals surface area contributed by atoms with Crippen molar-refractivity contribution in [3.05, 3.63) is 99.8 Å². The van der Waals surface area contributed by atoms with E-state index in [-0.39, 0.29) is 29.9 Å². The summed E-state index contributed by atoms with van der Waals surface area (Å²) in [6.07, 6.45) is 0. The van der Waals surface area contributed by atoms with E-state index in [1.54, 1.807) is 37.3 Å². The summed E-state index contributed by atoms with van der Waals surface area (Å²) in [5, 5.41) is 12.3. The quantitative estimate of drug-likeness (QED) is 0.540. The number of hydrogen-bond acceptors (Lipinski definition) is 3. The van der Waals surface area contributed by atoms with E-state index in [9.17, 15) is 14.0 Å². The van der Waals surface area contributed by atoms with E-state index in [2.05, 4.69) is 5.32 Å². The fraction of sp³-hybridized carbons (Fsp3) is 0.130. The smallest absolute Gasteiger partial charge is 0.335 e. The van der Waals surface area contributed by atoms with Gasteiger partial charge in [0.15, 0.2) is 0 Å². The monoisotopic (exact) mass is 427 g/mol. The van der Waals surface area contributed by atoms with Crippen molar-refractivity contribution in [2.24, 2.45) is 0 Å². The maximum atomic E-state index is 13.0. The van der Waals surface area contributed by atoms with Gasteiger partial charge < -0.3 is 15.2 Å². The zero-order valence-electron chi connectivity index (χ0n) is 16.1. The lowest BCUT2D eigenvalue weighted by Gasteiger charge is -2.17. The highest BCUT2D eigenvalue weighted by Gasteiger charge is 2.16. The summed E-state index contributed by atoms with van der Waals surface area (Å²) in [6, 6.07) is 16.5. The predicted molar refractivity (Wildman–Crippen MR) is 111 cm³/mol. The van der Waals surface area contributed by atoms with Crippen LogP contribution in [0.5, 0.6) is 5.75 Å². The number of aromatic carboxylic acids is 1. The van der Waals surface area contributed by atoms with Crippen LogP contribution in [-0.4, -0.2) is 17.0 Å². The summed E-state index contributed by atoms with van der Waals surface area (Å²) in [5.41, 5.74) is 1.92. The van der Waals surface area contributed by atoms with Gasteiger partial charge in [-0.1, -0.05) is 29.8 Å². The summed E-state index contributed by atoms with van der Waals surface area (Å²) in [6.45, 7) is 1.90. The predicted octanol–water partition coefficient (Wildman–Crippen LogP) is 5.25. The molecule has 30 heavy (non-hydrogen) atoms. The first-order chi connectivity index (χ1) is 14.3. The molecule has 0 aromatic heterocycles. The number of benzene rings is 3. The second-order valence-electron chi connectivity index (χ2n) is 6.67. The summed E-state index contributed by atoms with van der Waals surface area (Å²) < 4.78 is 18.7. The van der Waals surface area contributed by atoms with Gasteiger partial charge in [0.25, 0.3) is 5.91 Å². The molecule has 0 radical (unpaired) electrons. The van der Waals surface area contributed by atoms with Crippen LogP contribution in [0.25, 0.3) is 0 Å². The van der Waals surface area contributed by atoms with Crippen LogP contribution in [0.2, 0.25) is 5.02 Å². The van der Waals surface area contributed by atoms with Crippen molar-refractivity contribution in [2.45, 2.75) is 19.6 Å². The fourth-order valence-corrected chi connectivity index (χ4v) is 3.02. The first-order valence-electron chi connectivity index (χ1n) is 9.14. The Labute approximate surface area is 178 Å². The number of carbonyl (C=O) groups excluding carboxylic acids is 1. The molecule has 0 heterocycles. The van der Waals surface area contributed by atoms with Crippen LogP contribution >= 0.6 is 11.6 Å². The Hall–Kier alpha value is -3.38. The van der Waals surface area contributed by atoms with Crippen LogP contribution in [0.3, 0.4) is 0 Å². The van der Waals surface area contributed by atoms with Gasteiger partial charge in [0, 0.05) is 16.1 Å².